The van der Waals surface area contributed by atoms with E-state index in [4.69, 9.17) is 0 Å². The number of hydrogen-bond acceptors (Lipinski definition) is 4. The zero-order valence-electron chi connectivity index (χ0n) is 13.6. The minimum atomic E-state index is -4.72. The van der Waals surface area contributed by atoms with Crippen LogP contribution in [0.3, 0.4) is 0 Å². The van der Waals surface area contributed by atoms with E-state index in [0.717, 1.165) is 24.5 Å². The molecule has 4 nitrogen and oxygen atoms in total. The number of pyridine rings is 2. The van der Waals surface area contributed by atoms with Crippen molar-refractivity contribution in [1.82, 2.24) is 9.97 Å². The van der Waals surface area contributed by atoms with Crippen molar-refractivity contribution in [3.8, 4) is 0 Å². The van der Waals surface area contributed by atoms with E-state index in [1.807, 2.05) is 0 Å². The van der Waals surface area contributed by atoms with E-state index in [9.17, 15) is 36.6 Å². The van der Waals surface area contributed by atoms with Gasteiger partial charge in [-0.25, -0.2) is 0 Å². The van der Waals surface area contributed by atoms with Gasteiger partial charge in [-0.3, -0.25) is 9.97 Å². The molecule has 2 atom stereocenters. The molecule has 0 saturated carbocycles. The topological polar surface area (TPSA) is 66.2 Å². The van der Waals surface area contributed by atoms with Gasteiger partial charge in [0.1, 0.15) is 11.4 Å². The summed E-state index contributed by atoms with van der Waals surface area (Å²) in [6.07, 6.45) is -10.8. The van der Waals surface area contributed by atoms with Gasteiger partial charge in [0.2, 0.25) is 0 Å². The van der Waals surface area contributed by atoms with Gasteiger partial charge in [-0.05, 0) is 35.4 Å². The number of alkyl halides is 6. The molecule has 0 aliphatic rings. The third kappa shape index (κ3) is 5.65. The zero-order chi connectivity index (χ0) is 19.7. The summed E-state index contributed by atoms with van der Waals surface area (Å²) in [4.78, 5) is 6.32. The molecule has 150 valence electrons. The van der Waals surface area contributed by atoms with E-state index in [2.05, 4.69) is 9.97 Å². The van der Waals surface area contributed by atoms with Crippen molar-refractivity contribution in [2.24, 2.45) is 5.92 Å². The molecule has 0 spiro atoms. The first kappa shape index (κ1) is 23.4. The smallest absolute Gasteiger partial charge is 0.388 e. The van der Waals surface area contributed by atoms with Crippen molar-refractivity contribution in [2.45, 2.75) is 31.5 Å². The van der Waals surface area contributed by atoms with Crippen LogP contribution in [-0.4, -0.2) is 20.2 Å². The maximum Gasteiger partial charge on any atom is 0.433 e. The summed E-state index contributed by atoms with van der Waals surface area (Å²) in [5.41, 5.74) is -2.77. The number of aliphatic hydroxyl groups excluding tert-OH is 2. The van der Waals surface area contributed by atoms with Crippen LogP contribution in [-0.2, 0) is 29.4 Å². The second kappa shape index (κ2) is 8.55. The van der Waals surface area contributed by atoms with Crippen molar-refractivity contribution in [3.63, 3.8) is 0 Å². The SMILES string of the molecule is CC(C(O)c1ccnc(C(F)(F)F)c1)C(O)c1ccnc(C(F)(F)F)c1.[Fe]. The number of aliphatic hydroxyl groups is 2. The van der Waals surface area contributed by atoms with E-state index in [-0.39, 0.29) is 28.2 Å². The molecule has 0 aliphatic heterocycles. The first-order valence-electron chi connectivity index (χ1n) is 7.33. The molecule has 2 aromatic rings. The van der Waals surface area contributed by atoms with Gasteiger partial charge in [0.15, 0.2) is 0 Å². The third-order valence-corrected chi connectivity index (χ3v) is 3.83. The maximum atomic E-state index is 12.7. The first-order chi connectivity index (χ1) is 11.9. The van der Waals surface area contributed by atoms with Crippen LogP contribution in [0.25, 0.3) is 0 Å². The van der Waals surface area contributed by atoms with Crippen molar-refractivity contribution >= 4 is 0 Å². The minimum absolute atomic E-state index is 0. The molecule has 2 aromatic heterocycles. The summed E-state index contributed by atoms with van der Waals surface area (Å²) in [7, 11) is 0. The van der Waals surface area contributed by atoms with Crippen molar-refractivity contribution in [2.75, 3.05) is 0 Å². The van der Waals surface area contributed by atoms with Crippen LogP contribution in [0.15, 0.2) is 36.7 Å². The summed E-state index contributed by atoms with van der Waals surface area (Å²) >= 11 is 0. The van der Waals surface area contributed by atoms with Crippen LogP contribution in [0.4, 0.5) is 26.3 Å². The molecule has 11 heteroatoms. The van der Waals surface area contributed by atoms with Crippen molar-refractivity contribution < 1.29 is 53.6 Å². The molecule has 0 saturated heterocycles. The number of aromatic nitrogens is 2. The van der Waals surface area contributed by atoms with E-state index in [0.29, 0.717) is 12.1 Å². The van der Waals surface area contributed by atoms with E-state index >= 15 is 0 Å². The van der Waals surface area contributed by atoms with E-state index < -0.39 is 41.9 Å². The Balaban J connectivity index is 0.00000364. The number of hydrogen-bond donors (Lipinski definition) is 2. The van der Waals surface area contributed by atoms with Gasteiger partial charge in [-0.15, -0.1) is 0 Å². The van der Waals surface area contributed by atoms with Crippen molar-refractivity contribution in [1.29, 1.82) is 0 Å². The molecule has 2 rings (SSSR count). The van der Waals surface area contributed by atoms with Crippen LogP contribution in [0.5, 0.6) is 0 Å². The Morgan fingerprint density at radius 1 is 0.778 bits per heavy atom. The molecular formula is C16H14F6FeN2O2. The normalized spacial score (nSPS) is 15.6. The first-order valence-corrected chi connectivity index (χ1v) is 7.33. The monoisotopic (exact) mass is 436 g/mol. The summed E-state index contributed by atoms with van der Waals surface area (Å²) in [5.74, 6) is -1.10. The molecule has 0 amide bonds. The van der Waals surface area contributed by atoms with Gasteiger partial charge in [0, 0.05) is 35.4 Å². The van der Waals surface area contributed by atoms with E-state index in [1.54, 1.807) is 0 Å². The minimum Gasteiger partial charge on any atom is -0.388 e. The summed E-state index contributed by atoms with van der Waals surface area (Å²) in [6.45, 7) is 1.30. The molecule has 2 N–H and O–H groups in total. The van der Waals surface area contributed by atoms with Crippen LogP contribution in [0, 0.1) is 5.92 Å². The van der Waals surface area contributed by atoms with Crippen molar-refractivity contribution in [3.05, 3.63) is 59.2 Å². The maximum absolute atomic E-state index is 12.7. The Kier molecular flexibility index (Phi) is 7.40. The Morgan fingerprint density at radius 2 is 1.11 bits per heavy atom. The summed E-state index contributed by atoms with van der Waals surface area (Å²) in [6, 6.07) is 3.52. The molecule has 0 aromatic carbocycles. The van der Waals surface area contributed by atoms with Gasteiger partial charge in [-0.2, -0.15) is 26.3 Å². The average molecular weight is 436 g/mol. The Hall–Kier alpha value is -1.68. The van der Waals surface area contributed by atoms with Gasteiger partial charge < -0.3 is 10.2 Å². The molecule has 2 heterocycles. The van der Waals surface area contributed by atoms with Crippen LogP contribution in [0.2, 0.25) is 0 Å². The fourth-order valence-corrected chi connectivity index (χ4v) is 2.35. The number of nitrogens with zero attached hydrogens (tertiary/aromatic N) is 2. The second-order valence-electron chi connectivity index (χ2n) is 5.69. The fourth-order valence-electron chi connectivity index (χ4n) is 2.35. The molecule has 0 radical (unpaired) electrons. The molecule has 27 heavy (non-hydrogen) atoms. The van der Waals surface area contributed by atoms with E-state index in [1.165, 1.54) is 6.92 Å². The fraction of sp³-hybridized carbons (Fsp3) is 0.375. The van der Waals surface area contributed by atoms with Crippen LogP contribution in [0.1, 0.15) is 41.6 Å². The number of halogens is 6. The third-order valence-electron chi connectivity index (χ3n) is 3.83. The molecule has 0 bridgehead atoms. The molecule has 2 unspecified atom stereocenters. The van der Waals surface area contributed by atoms with Gasteiger partial charge in [0.25, 0.3) is 0 Å². The van der Waals surface area contributed by atoms with Gasteiger partial charge >= 0.3 is 12.4 Å². The predicted molar refractivity (Wildman–Crippen MR) is 77.6 cm³/mol. The van der Waals surface area contributed by atoms with Crippen LogP contribution >= 0.6 is 0 Å². The Bertz CT molecular complexity index is 706. The Morgan fingerprint density at radius 3 is 1.41 bits per heavy atom. The number of rotatable bonds is 4. The standard InChI is InChI=1S/C16H14F6N2O2.Fe/c1-8(13(25)9-2-4-23-11(6-9)15(17,18)19)14(26)10-3-5-24-12(7-10)16(20,21)22;/h2-8,13-14,25-26H,1H3;. The van der Waals surface area contributed by atoms with Crippen LogP contribution < -0.4 is 0 Å². The molecule has 0 aliphatic carbocycles. The molecule has 0 fully saturated rings. The van der Waals surface area contributed by atoms with Gasteiger partial charge in [-0.1, -0.05) is 6.92 Å². The largest absolute Gasteiger partial charge is 0.433 e. The Labute approximate surface area is 160 Å². The second-order valence-corrected chi connectivity index (χ2v) is 5.69. The zero-order valence-corrected chi connectivity index (χ0v) is 14.7. The summed E-state index contributed by atoms with van der Waals surface area (Å²) in [5, 5.41) is 20.5. The quantitative estimate of drug-likeness (QED) is 0.564. The molecular weight excluding hydrogens is 422 g/mol. The van der Waals surface area contributed by atoms with Gasteiger partial charge in [0.05, 0.1) is 12.2 Å². The predicted octanol–water partition coefficient (Wildman–Crippen LogP) is 3.91. The summed E-state index contributed by atoms with van der Waals surface area (Å²) < 4.78 is 76.2. The average Bonchev–Trinajstić information content (AvgIpc) is 2.58.